The van der Waals surface area contributed by atoms with Gasteiger partial charge in [0.1, 0.15) is 0 Å². The fourth-order valence-electron chi connectivity index (χ4n) is 1.41. The van der Waals surface area contributed by atoms with E-state index in [0.717, 1.165) is 3.57 Å². The Morgan fingerprint density at radius 2 is 1.53 bits per heavy atom. The molecular formula is C13H7Cl2IO. The Kier molecular flexibility index (Phi) is 4.07. The third-order valence-electron chi connectivity index (χ3n) is 2.29. The van der Waals surface area contributed by atoms with Crippen molar-refractivity contribution < 1.29 is 4.79 Å². The lowest BCUT2D eigenvalue weighted by atomic mass is 10.0. The molecule has 0 saturated heterocycles. The maximum Gasteiger partial charge on any atom is 0.193 e. The van der Waals surface area contributed by atoms with Crippen LogP contribution < -0.4 is 0 Å². The van der Waals surface area contributed by atoms with Gasteiger partial charge in [0.05, 0.1) is 5.02 Å². The van der Waals surface area contributed by atoms with E-state index in [2.05, 4.69) is 22.6 Å². The molecule has 0 saturated carbocycles. The monoisotopic (exact) mass is 376 g/mol. The standard InChI is InChI=1S/C13H7Cl2IO/c14-10-4-1-8(2-5-10)13(17)9-3-6-12(16)11(15)7-9/h1-7H. The van der Waals surface area contributed by atoms with Crippen molar-refractivity contribution in [1.82, 2.24) is 0 Å². The van der Waals surface area contributed by atoms with E-state index in [1.54, 1.807) is 36.4 Å². The average molecular weight is 377 g/mol. The van der Waals surface area contributed by atoms with Gasteiger partial charge in [-0.15, -0.1) is 0 Å². The zero-order valence-electron chi connectivity index (χ0n) is 8.58. The molecule has 0 radical (unpaired) electrons. The highest BCUT2D eigenvalue weighted by molar-refractivity contribution is 14.1. The van der Waals surface area contributed by atoms with Gasteiger partial charge in [-0.25, -0.2) is 0 Å². The van der Waals surface area contributed by atoms with Crippen LogP contribution in [-0.2, 0) is 0 Å². The fourth-order valence-corrected chi connectivity index (χ4v) is 2.05. The molecule has 0 N–H and O–H groups in total. The summed E-state index contributed by atoms with van der Waals surface area (Å²) < 4.78 is 0.928. The molecule has 0 aliphatic rings. The summed E-state index contributed by atoms with van der Waals surface area (Å²) in [7, 11) is 0. The molecule has 1 nitrogen and oxygen atoms in total. The van der Waals surface area contributed by atoms with E-state index in [0.29, 0.717) is 21.2 Å². The van der Waals surface area contributed by atoms with E-state index in [1.807, 2.05) is 6.07 Å². The Bertz CT molecular complexity index is 564. The molecule has 2 aromatic carbocycles. The highest BCUT2D eigenvalue weighted by Crippen LogP contribution is 2.21. The third-order valence-corrected chi connectivity index (χ3v) is 4.11. The van der Waals surface area contributed by atoms with Crippen molar-refractivity contribution in [3.8, 4) is 0 Å². The molecule has 0 bridgehead atoms. The maximum absolute atomic E-state index is 12.1. The van der Waals surface area contributed by atoms with Crippen LogP contribution in [0, 0.1) is 3.57 Å². The Morgan fingerprint density at radius 3 is 2.12 bits per heavy atom. The minimum atomic E-state index is -0.0556. The summed E-state index contributed by atoms with van der Waals surface area (Å²) in [6, 6.07) is 12.1. The average Bonchev–Trinajstić information content (AvgIpc) is 2.33. The first-order valence-electron chi connectivity index (χ1n) is 4.83. The lowest BCUT2D eigenvalue weighted by Gasteiger charge is -2.03. The molecule has 17 heavy (non-hydrogen) atoms. The number of halogens is 3. The fraction of sp³-hybridized carbons (Fsp3) is 0. The van der Waals surface area contributed by atoms with Crippen LogP contribution in [0.3, 0.4) is 0 Å². The molecule has 0 atom stereocenters. The van der Waals surface area contributed by atoms with Crippen molar-refractivity contribution in [3.05, 3.63) is 67.2 Å². The quantitative estimate of drug-likeness (QED) is 0.542. The summed E-state index contributed by atoms with van der Waals surface area (Å²) in [5, 5.41) is 1.20. The van der Waals surface area contributed by atoms with Crippen molar-refractivity contribution in [3.63, 3.8) is 0 Å². The second kappa shape index (κ2) is 5.38. The number of hydrogen-bond donors (Lipinski definition) is 0. The molecule has 0 unspecified atom stereocenters. The zero-order valence-corrected chi connectivity index (χ0v) is 12.3. The second-order valence-corrected chi connectivity index (χ2v) is 5.47. The molecule has 2 rings (SSSR count). The summed E-state index contributed by atoms with van der Waals surface area (Å²) in [4.78, 5) is 12.1. The zero-order chi connectivity index (χ0) is 12.4. The van der Waals surface area contributed by atoms with Crippen molar-refractivity contribution in [1.29, 1.82) is 0 Å². The number of benzene rings is 2. The van der Waals surface area contributed by atoms with Crippen LogP contribution >= 0.6 is 45.8 Å². The molecule has 0 aromatic heterocycles. The number of carbonyl (C=O) groups is 1. The Labute approximate surface area is 123 Å². The summed E-state index contributed by atoms with van der Waals surface area (Å²) in [5.41, 5.74) is 1.18. The Hall–Kier alpha value is -0.580. The summed E-state index contributed by atoms with van der Waals surface area (Å²) in [6.07, 6.45) is 0. The van der Waals surface area contributed by atoms with Crippen molar-refractivity contribution >= 4 is 51.6 Å². The van der Waals surface area contributed by atoms with Gasteiger partial charge >= 0.3 is 0 Å². The minimum absolute atomic E-state index is 0.0556. The van der Waals surface area contributed by atoms with E-state index < -0.39 is 0 Å². The summed E-state index contributed by atoms with van der Waals surface area (Å²) >= 11 is 13.9. The number of ketones is 1. The molecule has 4 heteroatoms. The van der Waals surface area contributed by atoms with E-state index >= 15 is 0 Å². The first-order chi connectivity index (χ1) is 8.08. The van der Waals surface area contributed by atoms with E-state index in [9.17, 15) is 4.79 Å². The molecule has 0 aliphatic heterocycles. The van der Waals surface area contributed by atoms with E-state index in [-0.39, 0.29) is 5.78 Å². The highest BCUT2D eigenvalue weighted by atomic mass is 127. The smallest absolute Gasteiger partial charge is 0.193 e. The predicted molar refractivity (Wildman–Crippen MR) is 79.1 cm³/mol. The number of carbonyl (C=O) groups excluding carboxylic acids is 1. The van der Waals surface area contributed by atoms with Gasteiger partial charge in [0, 0.05) is 19.7 Å². The van der Waals surface area contributed by atoms with Crippen LogP contribution in [0.25, 0.3) is 0 Å². The SMILES string of the molecule is O=C(c1ccc(Cl)cc1)c1ccc(I)c(Cl)c1. The molecular weight excluding hydrogens is 370 g/mol. The first kappa shape index (κ1) is 12.9. The summed E-state index contributed by atoms with van der Waals surface area (Å²) in [5.74, 6) is -0.0556. The number of hydrogen-bond acceptors (Lipinski definition) is 1. The van der Waals surface area contributed by atoms with Crippen molar-refractivity contribution in [2.45, 2.75) is 0 Å². The third kappa shape index (κ3) is 3.00. The molecule has 0 fully saturated rings. The second-order valence-electron chi connectivity index (χ2n) is 3.46. The van der Waals surface area contributed by atoms with Gasteiger partial charge in [0.15, 0.2) is 5.78 Å². The predicted octanol–water partition coefficient (Wildman–Crippen LogP) is 4.83. The van der Waals surface area contributed by atoms with Gasteiger partial charge in [-0.05, 0) is 65.1 Å². The van der Waals surface area contributed by atoms with Gasteiger partial charge in [0.25, 0.3) is 0 Å². The lowest BCUT2D eigenvalue weighted by molar-refractivity contribution is 0.103. The van der Waals surface area contributed by atoms with E-state index in [4.69, 9.17) is 23.2 Å². The van der Waals surface area contributed by atoms with Crippen LogP contribution in [0.5, 0.6) is 0 Å². The molecule has 0 aliphatic carbocycles. The maximum atomic E-state index is 12.1. The van der Waals surface area contributed by atoms with Gasteiger partial charge in [-0.1, -0.05) is 23.2 Å². The van der Waals surface area contributed by atoms with Crippen molar-refractivity contribution in [2.24, 2.45) is 0 Å². The largest absolute Gasteiger partial charge is 0.289 e. The molecule has 2 aromatic rings. The molecule has 86 valence electrons. The molecule has 0 amide bonds. The van der Waals surface area contributed by atoms with Crippen molar-refractivity contribution in [2.75, 3.05) is 0 Å². The topological polar surface area (TPSA) is 17.1 Å². The lowest BCUT2D eigenvalue weighted by Crippen LogP contribution is -2.01. The summed E-state index contributed by atoms with van der Waals surface area (Å²) in [6.45, 7) is 0. The van der Waals surface area contributed by atoms with Crippen LogP contribution in [-0.4, -0.2) is 5.78 Å². The van der Waals surface area contributed by atoms with Crippen LogP contribution in [0.15, 0.2) is 42.5 Å². The Morgan fingerprint density at radius 1 is 0.941 bits per heavy atom. The van der Waals surface area contributed by atoms with Gasteiger partial charge < -0.3 is 0 Å². The molecule has 0 spiro atoms. The minimum Gasteiger partial charge on any atom is -0.289 e. The highest BCUT2D eigenvalue weighted by Gasteiger charge is 2.10. The molecule has 0 heterocycles. The van der Waals surface area contributed by atoms with Gasteiger partial charge in [-0.3, -0.25) is 4.79 Å². The van der Waals surface area contributed by atoms with Crippen LogP contribution in [0.4, 0.5) is 0 Å². The van der Waals surface area contributed by atoms with Gasteiger partial charge in [-0.2, -0.15) is 0 Å². The van der Waals surface area contributed by atoms with Gasteiger partial charge in [0.2, 0.25) is 0 Å². The first-order valence-corrected chi connectivity index (χ1v) is 6.67. The normalized spacial score (nSPS) is 10.3. The van der Waals surface area contributed by atoms with E-state index in [1.165, 1.54) is 0 Å². The number of rotatable bonds is 2. The van der Waals surface area contributed by atoms with Crippen LogP contribution in [0.2, 0.25) is 10.0 Å². The van der Waals surface area contributed by atoms with Crippen LogP contribution in [0.1, 0.15) is 15.9 Å². The Balaban J connectivity index is 2.37.